The molecule has 10 nitrogen and oxygen atoms in total. The zero-order valence-corrected chi connectivity index (χ0v) is 29.9. The maximum Gasteiger partial charge on any atom is 0.313 e. The molecule has 2 aromatic carbocycles. The largest absolute Gasteiger partial charge is 0.455 e. The average molecular weight is 757 g/mol. The van der Waals surface area contributed by atoms with Gasteiger partial charge in [-0.2, -0.15) is 0 Å². The van der Waals surface area contributed by atoms with Gasteiger partial charge in [-0.3, -0.25) is 19.2 Å². The molecular formula is C37H43BrClN3O7. The summed E-state index contributed by atoms with van der Waals surface area (Å²) >= 11 is 10.3. The molecule has 8 atom stereocenters. The fourth-order valence-corrected chi connectivity index (χ4v) is 8.69. The topological polar surface area (TPSA) is 125 Å². The molecule has 3 amide bonds. The predicted molar refractivity (Wildman–Crippen MR) is 190 cm³/mol. The summed E-state index contributed by atoms with van der Waals surface area (Å²) in [5, 5.41) is 12.8. The van der Waals surface area contributed by atoms with E-state index in [1.165, 1.54) is 9.80 Å². The summed E-state index contributed by atoms with van der Waals surface area (Å²) in [6.45, 7) is 9.52. The molecule has 3 saturated heterocycles. The van der Waals surface area contributed by atoms with Gasteiger partial charge in [-0.1, -0.05) is 82.1 Å². The highest BCUT2D eigenvalue weighted by molar-refractivity contribution is 9.09. The van der Waals surface area contributed by atoms with Crippen molar-refractivity contribution in [2.75, 3.05) is 24.6 Å². The summed E-state index contributed by atoms with van der Waals surface area (Å²) in [5.41, 5.74) is -0.188. The highest BCUT2D eigenvalue weighted by Gasteiger charge is 2.77. The molecule has 262 valence electrons. The van der Waals surface area contributed by atoms with E-state index in [1.54, 1.807) is 43.3 Å². The minimum absolute atomic E-state index is 0.0718. The van der Waals surface area contributed by atoms with Gasteiger partial charge in [-0.25, -0.2) is 0 Å². The second kappa shape index (κ2) is 16.0. The Labute approximate surface area is 300 Å². The molecular weight excluding hydrogens is 714 g/mol. The quantitative estimate of drug-likeness (QED) is 0.105. The Morgan fingerprint density at radius 3 is 2.55 bits per heavy atom. The Hall–Kier alpha value is -3.51. The number of amides is 3. The number of unbranched alkanes of at least 4 members (excludes halogenated alkanes) is 1. The van der Waals surface area contributed by atoms with Crippen LogP contribution >= 0.6 is 27.5 Å². The Morgan fingerprint density at radius 2 is 1.88 bits per heavy atom. The summed E-state index contributed by atoms with van der Waals surface area (Å²) in [4.78, 5) is 58.9. The molecule has 12 heteroatoms. The van der Waals surface area contributed by atoms with Crippen molar-refractivity contribution in [2.24, 2.45) is 11.8 Å². The first kappa shape index (κ1) is 36.8. The second-order valence-corrected chi connectivity index (χ2v) is 14.3. The number of nitrogens with one attached hydrogen (secondary N) is 1. The molecule has 1 spiro atoms. The van der Waals surface area contributed by atoms with E-state index in [0.717, 1.165) is 0 Å². The third-order valence-corrected chi connectivity index (χ3v) is 10.8. The van der Waals surface area contributed by atoms with Gasteiger partial charge in [0.2, 0.25) is 11.8 Å². The minimum atomic E-state index is -1.33. The van der Waals surface area contributed by atoms with Gasteiger partial charge in [0.1, 0.15) is 17.7 Å². The molecule has 3 fully saturated rings. The molecule has 2 aromatic rings. The van der Waals surface area contributed by atoms with Crippen molar-refractivity contribution in [3.63, 3.8) is 0 Å². The molecule has 0 radical (unpaired) electrons. The molecule has 0 saturated carbocycles. The smallest absolute Gasteiger partial charge is 0.313 e. The van der Waals surface area contributed by atoms with Crippen LogP contribution in [0.1, 0.15) is 50.7 Å². The van der Waals surface area contributed by atoms with E-state index in [1.807, 2.05) is 30.3 Å². The maximum absolute atomic E-state index is 14.7. The van der Waals surface area contributed by atoms with Crippen LogP contribution in [0.4, 0.5) is 5.69 Å². The van der Waals surface area contributed by atoms with Gasteiger partial charge in [-0.15, -0.1) is 13.2 Å². The Bertz CT molecular complexity index is 1560. The van der Waals surface area contributed by atoms with E-state index in [4.69, 9.17) is 21.1 Å². The van der Waals surface area contributed by atoms with Gasteiger partial charge >= 0.3 is 5.97 Å². The number of rotatable bonds is 16. The van der Waals surface area contributed by atoms with Gasteiger partial charge in [0.05, 0.1) is 34.7 Å². The molecule has 2 bridgehead atoms. The normalized spacial score (nSPS) is 26.5. The number of aliphatic hydroxyl groups is 1. The Morgan fingerprint density at radius 1 is 1.16 bits per heavy atom. The molecule has 5 rings (SSSR count). The third-order valence-electron chi connectivity index (χ3n) is 9.61. The number of nitrogens with zero attached hydrogens (tertiary/aromatic N) is 2. The van der Waals surface area contributed by atoms with Gasteiger partial charge in [0.15, 0.2) is 0 Å². The minimum Gasteiger partial charge on any atom is -0.455 e. The van der Waals surface area contributed by atoms with E-state index in [9.17, 15) is 24.3 Å². The van der Waals surface area contributed by atoms with Crippen molar-refractivity contribution in [1.29, 1.82) is 0 Å². The Balaban J connectivity index is 1.50. The number of aliphatic hydroxyl groups excluding tert-OH is 1. The van der Waals surface area contributed by atoms with Crippen molar-refractivity contribution in [3.05, 3.63) is 90.5 Å². The van der Waals surface area contributed by atoms with Gasteiger partial charge in [0.25, 0.3) is 5.91 Å². The van der Waals surface area contributed by atoms with Crippen LogP contribution in [-0.2, 0) is 28.7 Å². The highest BCUT2D eigenvalue weighted by Crippen LogP contribution is 2.60. The van der Waals surface area contributed by atoms with Crippen LogP contribution in [0, 0.1) is 11.8 Å². The summed E-state index contributed by atoms with van der Waals surface area (Å²) in [7, 11) is 0. The number of esters is 1. The lowest BCUT2D eigenvalue weighted by Crippen LogP contribution is -2.57. The zero-order valence-electron chi connectivity index (χ0n) is 27.5. The van der Waals surface area contributed by atoms with Crippen molar-refractivity contribution in [3.8, 4) is 0 Å². The molecule has 0 aliphatic carbocycles. The summed E-state index contributed by atoms with van der Waals surface area (Å²) in [6.07, 6.45) is 3.58. The fraction of sp³-hybridized carbons (Fsp3) is 0.459. The number of benzene rings is 2. The number of allylic oxidation sites excluding steroid dienone is 1. The first-order valence-corrected chi connectivity index (χ1v) is 17.9. The monoisotopic (exact) mass is 755 g/mol. The first-order valence-electron chi connectivity index (χ1n) is 16.6. The number of carbonyl (C=O) groups is 4. The number of likely N-dealkylation sites (tertiary alicyclic amines) is 1. The van der Waals surface area contributed by atoms with E-state index in [2.05, 4.69) is 34.4 Å². The molecule has 3 aliphatic rings. The molecule has 2 N–H and O–H groups in total. The Kier molecular flexibility index (Phi) is 12.0. The molecule has 1 unspecified atom stereocenters. The van der Waals surface area contributed by atoms with E-state index >= 15 is 0 Å². The van der Waals surface area contributed by atoms with Crippen LogP contribution in [-0.4, -0.2) is 82.0 Å². The molecule has 3 aliphatic heterocycles. The van der Waals surface area contributed by atoms with Gasteiger partial charge in [-0.05, 0) is 50.3 Å². The first-order chi connectivity index (χ1) is 23.6. The number of hydrogen-bond acceptors (Lipinski definition) is 7. The average Bonchev–Trinajstić information content (AvgIpc) is 3.68. The maximum atomic E-state index is 14.7. The predicted octanol–water partition coefficient (Wildman–Crippen LogP) is 5.13. The molecule has 49 heavy (non-hydrogen) atoms. The van der Waals surface area contributed by atoms with Crippen molar-refractivity contribution < 1.29 is 33.8 Å². The number of halogens is 2. The number of ether oxygens (including phenoxy) is 2. The fourth-order valence-electron chi connectivity index (χ4n) is 7.51. The number of carbonyl (C=O) groups excluding carboxylic acids is 4. The number of para-hydroxylation sites is 1. The number of anilines is 1. The van der Waals surface area contributed by atoms with E-state index < -0.39 is 53.6 Å². The van der Waals surface area contributed by atoms with E-state index in [-0.39, 0.29) is 42.8 Å². The van der Waals surface area contributed by atoms with Crippen molar-refractivity contribution >= 4 is 56.9 Å². The second-order valence-electron chi connectivity index (χ2n) is 12.8. The van der Waals surface area contributed by atoms with Crippen molar-refractivity contribution in [1.82, 2.24) is 10.2 Å². The number of alkyl halides is 1. The lowest BCUT2D eigenvalue weighted by Gasteiger charge is -2.37. The zero-order chi connectivity index (χ0) is 35.3. The highest BCUT2D eigenvalue weighted by atomic mass is 79.9. The summed E-state index contributed by atoms with van der Waals surface area (Å²) in [5.74, 6) is -3.65. The van der Waals surface area contributed by atoms with Crippen LogP contribution in [0.3, 0.4) is 0 Å². The van der Waals surface area contributed by atoms with Gasteiger partial charge < -0.3 is 29.7 Å². The van der Waals surface area contributed by atoms with Gasteiger partial charge in [0, 0.05) is 30.9 Å². The van der Waals surface area contributed by atoms with E-state index in [0.29, 0.717) is 42.0 Å². The SMILES string of the molecule is C=CCCC(=O)N[C@H](C)[C@@H](OC(=O)[C@@H]1[C@H]2O[C@@]3(CC2Br)[C@H](C(=O)N(CC=C)c2ccccc2Cl)N(CCCCO)C(=O)[C@@H]13)c1ccccc1. The van der Waals surface area contributed by atoms with Crippen LogP contribution in [0.5, 0.6) is 0 Å². The van der Waals surface area contributed by atoms with Crippen molar-refractivity contribution in [2.45, 2.75) is 73.7 Å². The third kappa shape index (κ3) is 7.22. The van der Waals surface area contributed by atoms with Crippen LogP contribution in [0.15, 0.2) is 79.9 Å². The standard InChI is InChI=1S/C37H43BrClN3O7/c1-4-6-18-28(44)40-23(3)31(24-14-8-7-9-15-24)48-36(47)29-30-34(45)42(20-12-13-21-43)33(37(30)22-25(38)32(29)49-37)35(46)41(19-5-2)27-17-11-10-16-26(27)39/h4-5,7-11,14-17,23,25,29-33,43H,1-2,6,12-13,18-22H2,3H3,(H,40,44)/t23-,25?,29+,30-,31-,32+,33+,37-/m1/s1. The summed E-state index contributed by atoms with van der Waals surface area (Å²) in [6, 6.07) is 14.4. The lowest BCUT2D eigenvalue weighted by molar-refractivity contribution is -0.162. The summed E-state index contributed by atoms with van der Waals surface area (Å²) < 4.78 is 12.9. The number of fused-ring (bicyclic) bond motifs is 1. The molecule has 3 heterocycles. The lowest BCUT2D eigenvalue weighted by atomic mass is 9.70. The van der Waals surface area contributed by atoms with Crippen LogP contribution < -0.4 is 10.2 Å². The number of hydrogen-bond donors (Lipinski definition) is 2. The van der Waals surface area contributed by atoms with Crippen LogP contribution in [0.25, 0.3) is 0 Å². The van der Waals surface area contributed by atoms with Crippen LogP contribution in [0.2, 0.25) is 5.02 Å². The molecule has 0 aromatic heterocycles.